The fourth-order valence-corrected chi connectivity index (χ4v) is 6.59. The number of anilines is 6. The Morgan fingerprint density at radius 1 is 0.436 bits per heavy atom. The van der Waals surface area contributed by atoms with Gasteiger partial charge in [-0.25, -0.2) is 0 Å². The molecule has 6 aromatic rings. The van der Waals surface area contributed by atoms with E-state index < -0.39 is 0 Å². The van der Waals surface area contributed by atoms with Crippen LogP contribution in [-0.4, -0.2) is 0 Å². The van der Waals surface area contributed by atoms with Gasteiger partial charge >= 0.3 is 0 Å². The lowest BCUT2D eigenvalue weighted by Crippen LogP contribution is -2.34. The van der Waals surface area contributed by atoms with Gasteiger partial charge in [0.2, 0.25) is 0 Å². The normalized spacial score (nSPS) is 14.5. The predicted octanol–water partition coefficient (Wildman–Crippen LogP) is 10.4. The summed E-state index contributed by atoms with van der Waals surface area (Å²) in [4.78, 5) is 4.96. The zero-order valence-electron chi connectivity index (χ0n) is 22.1. The van der Waals surface area contributed by atoms with Crippen molar-refractivity contribution in [3.8, 4) is 11.1 Å². The first-order chi connectivity index (χ1) is 19.1. The predicted molar refractivity (Wildman–Crippen MR) is 164 cm³/mol. The van der Waals surface area contributed by atoms with Crippen LogP contribution in [0.3, 0.4) is 0 Å². The highest BCUT2D eigenvalue weighted by atomic mass is 15.3. The van der Waals surface area contributed by atoms with Crippen LogP contribution in [0.15, 0.2) is 133 Å². The number of fused-ring (bicyclic) bond motifs is 5. The Morgan fingerprint density at radius 2 is 1.15 bits per heavy atom. The van der Waals surface area contributed by atoms with Gasteiger partial charge in [-0.05, 0) is 69.4 Å². The molecule has 0 aromatic heterocycles. The average Bonchev–Trinajstić information content (AvgIpc) is 2.99. The molecule has 39 heavy (non-hydrogen) atoms. The molecule has 0 saturated heterocycles. The summed E-state index contributed by atoms with van der Waals surface area (Å²) in [5, 5.41) is 2.50. The van der Waals surface area contributed by atoms with Crippen LogP contribution in [0.1, 0.15) is 25.0 Å². The van der Waals surface area contributed by atoms with E-state index in [1.54, 1.807) is 0 Å². The SMILES string of the molecule is CC1(C)c2ccccc2N2c3cc(-c4ccccc4)ccc3N(c3ccc4ccccc4c3)c3cccc1c32. The number of rotatable bonds is 2. The summed E-state index contributed by atoms with van der Waals surface area (Å²) in [5.74, 6) is 0. The van der Waals surface area contributed by atoms with Crippen molar-refractivity contribution in [1.29, 1.82) is 0 Å². The number of nitrogens with zero attached hydrogens (tertiary/aromatic N) is 2. The molecule has 2 aliphatic heterocycles. The van der Waals surface area contributed by atoms with Crippen molar-refractivity contribution >= 4 is 44.9 Å². The van der Waals surface area contributed by atoms with Gasteiger partial charge < -0.3 is 9.80 Å². The first-order valence-electron chi connectivity index (χ1n) is 13.6. The summed E-state index contributed by atoms with van der Waals surface area (Å²) in [7, 11) is 0. The van der Waals surface area contributed by atoms with Gasteiger partial charge in [-0.1, -0.05) is 111 Å². The number of hydrogen-bond donors (Lipinski definition) is 0. The molecule has 0 unspecified atom stereocenters. The molecule has 0 spiro atoms. The van der Waals surface area contributed by atoms with E-state index in [9.17, 15) is 0 Å². The number of benzene rings is 6. The third kappa shape index (κ3) is 3.15. The standard InChI is InChI=1S/C37H28N2/c1-37(2)30-15-8-9-17-32(30)39-35-24-28(25-11-4-3-5-12-25)20-22-33(35)38(34-18-10-16-31(37)36(34)39)29-21-19-26-13-6-7-14-27(26)23-29/h3-24H,1-2H3. The Labute approximate surface area is 229 Å². The third-order valence-electron chi connectivity index (χ3n) is 8.53. The Bertz CT molecular complexity index is 1900. The maximum Gasteiger partial charge on any atom is 0.0744 e. The minimum Gasteiger partial charge on any atom is -0.306 e. The van der Waals surface area contributed by atoms with Crippen molar-refractivity contribution < 1.29 is 0 Å². The monoisotopic (exact) mass is 500 g/mol. The van der Waals surface area contributed by atoms with Gasteiger partial charge in [0, 0.05) is 11.1 Å². The van der Waals surface area contributed by atoms with Gasteiger partial charge in [-0.2, -0.15) is 0 Å². The lowest BCUT2D eigenvalue weighted by Gasteiger charge is -2.48. The number of para-hydroxylation sites is 2. The fourth-order valence-electron chi connectivity index (χ4n) is 6.59. The Morgan fingerprint density at radius 3 is 2.03 bits per heavy atom. The summed E-state index contributed by atoms with van der Waals surface area (Å²) >= 11 is 0. The van der Waals surface area contributed by atoms with Gasteiger partial charge in [-0.3, -0.25) is 0 Å². The quantitative estimate of drug-likeness (QED) is 0.233. The molecule has 2 nitrogen and oxygen atoms in total. The molecule has 0 saturated carbocycles. The third-order valence-corrected chi connectivity index (χ3v) is 8.53. The molecule has 0 fully saturated rings. The van der Waals surface area contributed by atoms with E-state index in [1.165, 1.54) is 67.2 Å². The first kappa shape index (κ1) is 22.2. The van der Waals surface area contributed by atoms with E-state index in [0.717, 1.165) is 0 Å². The Balaban J connectivity index is 1.46. The summed E-state index contributed by atoms with van der Waals surface area (Å²) in [6.07, 6.45) is 0. The second-order valence-electron chi connectivity index (χ2n) is 11.1. The molecule has 0 N–H and O–H groups in total. The van der Waals surface area contributed by atoms with Crippen molar-refractivity contribution in [3.63, 3.8) is 0 Å². The number of hydrogen-bond acceptors (Lipinski definition) is 2. The molecule has 8 rings (SSSR count). The topological polar surface area (TPSA) is 6.48 Å². The van der Waals surface area contributed by atoms with Crippen molar-refractivity contribution in [2.75, 3.05) is 9.80 Å². The van der Waals surface area contributed by atoms with Crippen molar-refractivity contribution in [2.24, 2.45) is 0 Å². The van der Waals surface area contributed by atoms with Crippen molar-refractivity contribution in [1.82, 2.24) is 0 Å². The van der Waals surface area contributed by atoms with Crippen LogP contribution < -0.4 is 9.80 Å². The molecule has 0 radical (unpaired) electrons. The van der Waals surface area contributed by atoms with Gasteiger partial charge in [0.05, 0.1) is 28.4 Å². The van der Waals surface area contributed by atoms with Crippen LogP contribution in [0.2, 0.25) is 0 Å². The van der Waals surface area contributed by atoms with Crippen LogP contribution in [0.5, 0.6) is 0 Å². The molecule has 0 bridgehead atoms. The minimum atomic E-state index is -0.123. The van der Waals surface area contributed by atoms with E-state index in [0.29, 0.717) is 0 Å². The van der Waals surface area contributed by atoms with Crippen LogP contribution in [0.25, 0.3) is 21.9 Å². The molecule has 6 aromatic carbocycles. The van der Waals surface area contributed by atoms with Crippen molar-refractivity contribution in [2.45, 2.75) is 19.3 Å². The molecule has 2 aliphatic rings. The van der Waals surface area contributed by atoms with Crippen LogP contribution in [0.4, 0.5) is 34.1 Å². The molecule has 0 atom stereocenters. The summed E-state index contributed by atoms with van der Waals surface area (Å²) in [6.45, 7) is 4.71. The lowest BCUT2D eigenvalue weighted by molar-refractivity contribution is 0.631. The smallest absolute Gasteiger partial charge is 0.0744 e. The highest BCUT2D eigenvalue weighted by Crippen LogP contribution is 2.61. The summed E-state index contributed by atoms with van der Waals surface area (Å²) < 4.78 is 0. The highest BCUT2D eigenvalue weighted by Gasteiger charge is 2.42. The Hall–Kier alpha value is -4.82. The van der Waals surface area contributed by atoms with Crippen LogP contribution in [0, 0.1) is 0 Å². The van der Waals surface area contributed by atoms with Crippen LogP contribution >= 0.6 is 0 Å². The van der Waals surface area contributed by atoms with Gasteiger partial charge in [0.1, 0.15) is 0 Å². The van der Waals surface area contributed by atoms with Gasteiger partial charge in [0.15, 0.2) is 0 Å². The van der Waals surface area contributed by atoms with Crippen molar-refractivity contribution in [3.05, 3.63) is 145 Å². The largest absolute Gasteiger partial charge is 0.306 e. The highest BCUT2D eigenvalue weighted by molar-refractivity contribution is 6.06. The summed E-state index contributed by atoms with van der Waals surface area (Å²) in [5.41, 5.74) is 12.3. The van der Waals surface area contributed by atoms with E-state index in [1.807, 2.05) is 0 Å². The van der Waals surface area contributed by atoms with Gasteiger partial charge in [0.25, 0.3) is 0 Å². The second-order valence-corrected chi connectivity index (χ2v) is 11.1. The molecule has 0 aliphatic carbocycles. The molecular weight excluding hydrogens is 472 g/mol. The van der Waals surface area contributed by atoms with E-state index in [-0.39, 0.29) is 5.41 Å². The molecule has 186 valence electrons. The lowest BCUT2D eigenvalue weighted by atomic mass is 9.72. The maximum atomic E-state index is 2.50. The van der Waals surface area contributed by atoms with Crippen LogP contribution in [-0.2, 0) is 5.41 Å². The fraction of sp³-hybridized carbons (Fsp3) is 0.0811. The van der Waals surface area contributed by atoms with E-state index in [2.05, 4.69) is 157 Å². The zero-order chi connectivity index (χ0) is 26.1. The van der Waals surface area contributed by atoms with E-state index >= 15 is 0 Å². The second kappa shape index (κ2) is 8.09. The maximum absolute atomic E-state index is 2.50. The molecule has 0 amide bonds. The Kier molecular flexibility index (Phi) is 4.60. The summed E-state index contributed by atoms with van der Waals surface area (Å²) in [6, 6.07) is 48.8. The zero-order valence-corrected chi connectivity index (χ0v) is 22.1. The molecular formula is C37H28N2. The first-order valence-corrected chi connectivity index (χ1v) is 13.6. The minimum absolute atomic E-state index is 0.123. The van der Waals surface area contributed by atoms with Gasteiger partial charge in [-0.15, -0.1) is 0 Å². The average molecular weight is 501 g/mol. The molecule has 2 heteroatoms. The molecule has 2 heterocycles. The van der Waals surface area contributed by atoms with E-state index in [4.69, 9.17) is 0 Å².